The normalized spacial score (nSPS) is 11.4. The standard InChI is InChI=1S/C28H31ClN2O4/c1-30-28(33)24(17-20-9-5-4-6-10-20)31(19-22-11-7-8-12-23(22)29)27(32)16-14-21-13-15-25(34-2)26(18-21)35-3/h4-13,15,18,24H,14,16-17,19H2,1-3H3,(H,30,33)/t24-/m0/s1. The average molecular weight is 495 g/mol. The first-order chi connectivity index (χ1) is 17.0. The van der Waals surface area contributed by atoms with Crippen molar-refractivity contribution in [2.75, 3.05) is 21.3 Å². The number of likely N-dealkylation sites (N-methyl/N-ethyl adjacent to an activating group) is 1. The highest BCUT2D eigenvalue weighted by atomic mass is 35.5. The van der Waals surface area contributed by atoms with Gasteiger partial charge in [0.25, 0.3) is 0 Å². The van der Waals surface area contributed by atoms with Crippen molar-refractivity contribution in [3.63, 3.8) is 0 Å². The first-order valence-electron chi connectivity index (χ1n) is 11.5. The summed E-state index contributed by atoms with van der Waals surface area (Å²) < 4.78 is 10.7. The highest BCUT2D eigenvalue weighted by Crippen LogP contribution is 2.28. The van der Waals surface area contributed by atoms with E-state index in [0.717, 1.165) is 16.7 Å². The van der Waals surface area contributed by atoms with Gasteiger partial charge in [-0.2, -0.15) is 0 Å². The number of hydrogen-bond acceptors (Lipinski definition) is 4. The molecule has 0 aliphatic rings. The van der Waals surface area contributed by atoms with Gasteiger partial charge in [-0.15, -0.1) is 0 Å². The third kappa shape index (κ3) is 6.99. The molecule has 7 heteroatoms. The van der Waals surface area contributed by atoms with E-state index in [-0.39, 0.29) is 24.8 Å². The van der Waals surface area contributed by atoms with E-state index >= 15 is 0 Å². The Bertz CT molecular complexity index is 1140. The van der Waals surface area contributed by atoms with Crippen LogP contribution < -0.4 is 14.8 Å². The number of nitrogens with one attached hydrogen (secondary N) is 1. The van der Waals surface area contributed by atoms with Crippen LogP contribution in [-0.2, 0) is 29.0 Å². The molecule has 0 bridgehead atoms. The highest BCUT2D eigenvalue weighted by molar-refractivity contribution is 6.31. The molecule has 0 saturated heterocycles. The number of nitrogens with zero attached hydrogens (tertiary/aromatic N) is 1. The first kappa shape index (κ1) is 26.1. The lowest BCUT2D eigenvalue weighted by Gasteiger charge is -2.31. The number of ether oxygens (including phenoxy) is 2. The van der Waals surface area contributed by atoms with E-state index in [4.69, 9.17) is 21.1 Å². The molecular formula is C28H31ClN2O4. The predicted molar refractivity (Wildman–Crippen MR) is 138 cm³/mol. The zero-order valence-corrected chi connectivity index (χ0v) is 21.0. The maximum atomic E-state index is 13.6. The van der Waals surface area contributed by atoms with Gasteiger partial charge in [-0.3, -0.25) is 9.59 Å². The second kappa shape index (κ2) is 12.8. The van der Waals surface area contributed by atoms with Gasteiger partial charge in [0, 0.05) is 31.5 Å². The molecule has 0 aliphatic carbocycles. The lowest BCUT2D eigenvalue weighted by molar-refractivity contribution is -0.141. The van der Waals surface area contributed by atoms with Gasteiger partial charge in [-0.25, -0.2) is 0 Å². The van der Waals surface area contributed by atoms with E-state index in [2.05, 4.69) is 5.32 Å². The summed E-state index contributed by atoms with van der Waals surface area (Å²) in [5.41, 5.74) is 2.70. The summed E-state index contributed by atoms with van der Waals surface area (Å²) in [7, 11) is 4.75. The fourth-order valence-electron chi connectivity index (χ4n) is 3.96. The van der Waals surface area contributed by atoms with Gasteiger partial charge in [0.1, 0.15) is 6.04 Å². The van der Waals surface area contributed by atoms with Gasteiger partial charge in [-0.05, 0) is 41.3 Å². The molecule has 2 amide bonds. The Kier molecular flexibility index (Phi) is 9.56. The van der Waals surface area contributed by atoms with Crippen LogP contribution in [0.5, 0.6) is 11.5 Å². The van der Waals surface area contributed by atoms with Crippen molar-refractivity contribution in [1.29, 1.82) is 0 Å². The van der Waals surface area contributed by atoms with E-state index in [1.165, 1.54) is 0 Å². The molecule has 35 heavy (non-hydrogen) atoms. The summed E-state index contributed by atoms with van der Waals surface area (Å²) in [5, 5.41) is 3.28. The van der Waals surface area contributed by atoms with Crippen LogP contribution in [0.25, 0.3) is 0 Å². The molecule has 0 fully saturated rings. The molecule has 0 unspecified atom stereocenters. The fourth-order valence-corrected chi connectivity index (χ4v) is 4.16. The van der Waals surface area contributed by atoms with Crippen LogP contribution in [0.4, 0.5) is 0 Å². The molecule has 184 valence electrons. The highest BCUT2D eigenvalue weighted by Gasteiger charge is 2.30. The summed E-state index contributed by atoms with van der Waals surface area (Å²) in [6.07, 6.45) is 1.11. The monoisotopic (exact) mass is 494 g/mol. The Morgan fingerprint density at radius 2 is 1.60 bits per heavy atom. The Morgan fingerprint density at radius 3 is 2.26 bits per heavy atom. The second-order valence-corrected chi connectivity index (χ2v) is 8.53. The van der Waals surface area contributed by atoms with Crippen LogP contribution in [0.2, 0.25) is 5.02 Å². The molecular weight excluding hydrogens is 464 g/mol. The van der Waals surface area contributed by atoms with Crippen LogP contribution in [-0.4, -0.2) is 44.0 Å². The second-order valence-electron chi connectivity index (χ2n) is 8.12. The van der Waals surface area contributed by atoms with Crippen molar-refractivity contribution in [3.05, 3.63) is 94.5 Å². The number of carbonyl (C=O) groups excluding carboxylic acids is 2. The quantitative estimate of drug-likeness (QED) is 0.420. The van der Waals surface area contributed by atoms with E-state index in [0.29, 0.717) is 29.4 Å². The molecule has 0 saturated carbocycles. The maximum absolute atomic E-state index is 13.6. The Morgan fingerprint density at radius 1 is 0.914 bits per heavy atom. The zero-order valence-electron chi connectivity index (χ0n) is 20.3. The number of rotatable bonds is 11. The van der Waals surface area contributed by atoms with Gasteiger partial charge in [0.2, 0.25) is 11.8 Å². The molecule has 0 aromatic heterocycles. The minimum Gasteiger partial charge on any atom is -0.493 e. The summed E-state index contributed by atoms with van der Waals surface area (Å²) in [5.74, 6) is 0.882. The number of carbonyl (C=O) groups is 2. The van der Waals surface area contributed by atoms with Crippen molar-refractivity contribution in [2.24, 2.45) is 0 Å². The zero-order chi connectivity index (χ0) is 25.2. The van der Waals surface area contributed by atoms with Gasteiger partial charge in [0.15, 0.2) is 11.5 Å². The molecule has 6 nitrogen and oxygen atoms in total. The van der Waals surface area contributed by atoms with Crippen LogP contribution >= 0.6 is 11.6 Å². The number of hydrogen-bond donors (Lipinski definition) is 1. The molecule has 1 N–H and O–H groups in total. The summed E-state index contributed by atoms with van der Waals surface area (Å²) in [4.78, 5) is 28.2. The smallest absolute Gasteiger partial charge is 0.242 e. The van der Waals surface area contributed by atoms with E-state index in [1.807, 2.05) is 66.7 Å². The van der Waals surface area contributed by atoms with E-state index < -0.39 is 6.04 Å². The summed E-state index contributed by atoms with van der Waals surface area (Å²) in [6, 6.07) is 22.0. The fraction of sp³-hybridized carbons (Fsp3) is 0.286. The number of amides is 2. The van der Waals surface area contributed by atoms with Crippen molar-refractivity contribution >= 4 is 23.4 Å². The first-order valence-corrected chi connectivity index (χ1v) is 11.8. The largest absolute Gasteiger partial charge is 0.493 e. The van der Waals surface area contributed by atoms with Gasteiger partial charge in [0.05, 0.1) is 14.2 Å². The van der Waals surface area contributed by atoms with Crippen LogP contribution in [0.3, 0.4) is 0 Å². The molecule has 3 rings (SSSR count). The van der Waals surface area contributed by atoms with Crippen molar-refractivity contribution in [1.82, 2.24) is 10.2 Å². The van der Waals surface area contributed by atoms with Crippen molar-refractivity contribution in [3.8, 4) is 11.5 Å². The molecule has 0 spiro atoms. The number of methoxy groups -OCH3 is 2. The van der Waals surface area contributed by atoms with Gasteiger partial charge >= 0.3 is 0 Å². The van der Waals surface area contributed by atoms with Gasteiger partial charge < -0.3 is 19.7 Å². The SMILES string of the molecule is CNC(=O)[C@H](Cc1ccccc1)N(Cc1ccccc1Cl)C(=O)CCc1ccc(OC)c(OC)c1. The molecule has 0 aliphatic heterocycles. The lowest BCUT2D eigenvalue weighted by Crippen LogP contribution is -2.49. The molecule has 3 aromatic carbocycles. The van der Waals surface area contributed by atoms with Crippen LogP contribution in [0.15, 0.2) is 72.8 Å². The van der Waals surface area contributed by atoms with Gasteiger partial charge in [-0.1, -0.05) is 66.2 Å². The predicted octanol–water partition coefficient (Wildman–Crippen LogP) is 4.68. The van der Waals surface area contributed by atoms with Crippen molar-refractivity contribution in [2.45, 2.75) is 31.8 Å². The summed E-state index contributed by atoms with van der Waals surface area (Å²) in [6.45, 7) is 0.232. The topological polar surface area (TPSA) is 67.9 Å². The Balaban J connectivity index is 1.88. The maximum Gasteiger partial charge on any atom is 0.242 e. The van der Waals surface area contributed by atoms with E-state index in [9.17, 15) is 9.59 Å². The average Bonchev–Trinajstić information content (AvgIpc) is 2.90. The van der Waals surface area contributed by atoms with Crippen LogP contribution in [0.1, 0.15) is 23.1 Å². The lowest BCUT2D eigenvalue weighted by atomic mass is 10.0. The summed E-state index contributed by atoms with van der Waals surface area (Å²) >= 11 is 6.42. The third-order valence-corrected chi connectivity index (χ3v) is 6.26. The Hall–Kier alpha value is -3.51. The van der Waals surface area contributed by atoms with Crippen molar-refractivity contribution < 1.29 is 19.1 Å². The van der Waals surface area contributed by atoms with Crippen LogP contribution in [0, 0.1) is 0 Å². The number of aryl methyl sites for hydroxylation is 1. The molecule has 3 aromatic rings. The molecule has 1 atom stereocenters. The number of halogens is 1. The Labute approximate surface area is 211 Å². The minimum atomic E-state index is -0.684. The molecule has 0 radical (unpaired) electrons. The minimum absolute atomic E-state index is 0.135. The third-order valence-electron chi connectivity index (χ3n) is 5.89. The molecule has 0 heterocycles. The number of benzene rings is 3. The van der Waals surface area contributed by atoms with E-state index in [1.54, 1.807) is 32.2 Å².